The lowest BCUT2D eigenvalue weighted by Gasteiger charge is -2.45. The molecule has 1 aliphatic heterocycles. The molecule has 0 radical (unpaired) electrons. The highest BCUT2D eigenvalue weighted by Gasteiger charge is 2.49. The van der Waals surface area contributed by atoms with Gasteiger partial charge < -0.3 is 28.4 Å². The Balaban J connectivity index is 1.58. The normalized spacial score (nSPS) is 22.8. The molecule has 206 valence electrons. The number of rotatable bonds is 16. The van der Waals surface area contributed by atoms with Crippen molar-refractivity contribution in [3.05, 3.63) is 133 Å². The van der Waals surface area contributed by atoms with Crippen LogP contribution < -0.4 is 0 Å². The molecular weight excluding hydrogens is 492 g/mol. The Bertz CT molecular complexity index is 1090. The third-order valence-corrected chi connectivity index (χ3v) is 6.34. The summed E-state index contributed by atoms with van der Waals surface area (Å²) in [6, 6.07) is 30.1. The maximum atomic E-state index is 6.56. The van der Waals surface area contributed by atoms with E-state index in [2.05, 4.69) is 13.2 Å². The minimum atomic E-state index is -0.703. The van der Waals surface area contributed by atoms with E-state index in [9.17, 15) is 0 Å². The highest BCUT2D eigenvalue weighted by Crippen LogP contribution is 2.31. The number of benzene rings is 3. The molecule has 4 rings (SSSR count). The largest absolute Gasteiger partial charge is 0.374 e. The monoisotopic (exact) mass is 530 g/mol. The maximum Gasteiger partial charge on any atom is 0.187 e. The van der Waals surface area contributed by atoms with Crippen LogP contribution in [0.3, 0.4) is 0 Å². The van der Waals surface area contributed by atoms with Crippen molar-refractivity contribution in [2.75, 3.05) is 19.8 Å². The Morgan fingerprint density at radius 3 is 1.59 bits per heavy atom. The molecule has 1 saturated heterocycles. The molecule has 0 spiro atoms. The predicted molar refractivity (Wildman–Crippen MR) is 151 cm³/mol. The van der Waals surface area contributed by atoms with Crippen LogP contribution >= 0.6 is 0 Å². The number of hydrogen-bond donors (Lipinski definition) is 0. The van der Waals surface area contributed by atoms with E-state index in [-0.39, 0.29) is 0 Å². The van der Waals surface area contributed by atoms with Crippen LogP contribution in [0.25, 0.3) is 0 Å². The standard InChI is InChI=1S/C33H38O6/c1-3-20-35-32-31(38-24-28-18-12-7-13-19-28)30(37-23-27-16-10-6-11-17-27)29(39-33(32)36-21-4-2)25-34-22-26-14-8-5-9-15-26/h3-19,29-33H,1-2,20-25H2/t29-,30-,31+,32-,33+/m1/s1. The van der Waals surface area contributed by atoms with Gasteiger partial charge >= 0.3 is 0 Å². The molecular formula is C33H38O6. The van der Waals surface area contributed by atoms with Crippen LogP contribution in [0.15, 0.2) is 116 Å². The van der Waals surface area contributed by atoms with Crippen molar-refractivity contribution in [3.8, 4) is 0 Å². The van der Waals surface area contributed by atoms with Crippen molar-refractivity contribution in [1.29, 1.82) is 0 Å². The van der Waals surface area contributed by atoms with Gasteiger partial charge in [0.2, 0.25) is 0 Å². The van der Waals surface area contributed by atoms with Gasteiger partial charge in [0.25, 0.3) is 0 Å². The molecule has 0 unspecified atom stereocenters. The Labute approximate surface area is 231 Å². The predicted octanol–water partition coefficient (Wildman–Crippen LogP) is 5.87. The molecule has 0 bridgehead atoms. The van der Waals surface area contributed by atoms with Crippen molar-refractivity contribution in [2.24, 2.45) is 0 Å². The summed E-state index contributed by atoms with van der Waals surface area (Å²) in [5.74, 6) is 0. The average molecular weight is 531 g/mol. The van der Waals surface area contributed by atoms with Crippen molar-refractivity contribution >= 4 is 0 Å². The summed E-state index contributed by atoms with van der Waals surface area (Å²) in [7, 11) is 0. The van der Waals surface area contributed by atoms with Gasteiger partial charge in [-0.05, 0) is 16.7 Å². The Morgan fingerprint density at radius 1 is 0.564 bits per heavy atom. The van der Waals surface area contributed by atoms with Crippen LogP contribution in [0.4, 0.5) is 0 Å². The molecule has 0 aromatic heterocycles. The fourth-order valence-corrected chi connectivity index (χ4v) is 4.46. The lowest BCUT2D eigenvalue weighted by Crippen LogP contribution is -2.61. The smallest absolute Gasteiger partial charge is 0.187 e. The van der Waals surface area contributed by atoms with E-state index in [0.29, 0.717) is 39.6 Å². The highest BCUT2D eigenvalue weighted by molar-refractivity contribution is 5.15. The molecule has 1 aliphatic rings. The quantitative estimate of drug-likeness (QED) is 0.216. The van der Waals surface area contributed by atoms with Gasteiger partial charge in [-0.3, -0.25) is 0 Å². The molecule has 0 aliphatic carbocycles. The molecule has 6 nitrogen and oxygen atoms in total. The molecule has 1 heterocycles. The highest BCUT2D eigenvalue weighted by atomic mass is 16.7. The van der Waals surface area contributed by atoms with Crippen LogP contribution in [0, 0.1) is 0 Å². The lowest BCUT2D eigenvalue weighted by atomic mass is 9.98. The molecule has 6 heteroatoms. The number of hydrogen-bond acceptors (Lipinski definition) is 6. The zero-order chi connectivity index (χ0) is 27.1. The van der Waals surface area contributed by atoms with E-state index in [4.69, 9.17) is 28.4 Å². The van der Waals surface area contributed by atoms with E-state index in [1.54, 1.807) is 12.2 Å². The molecule has 5 atom stereocenters. The Hall–Kier alpha value is -3.10. The van der Waals surface area contributed by atoms with Gasteiger partial charge in [0.15, 0.2) is 6.29 Å². The first-order valence-electron chi connectivity index (χ1n) is 13.3. The fourth-order valence-electron chi connectivity index (χ4n) is 4.46. The fraction of sp³-hybridized carbons (Fsp3) is 0.333. The van der Waals surface area contributed by atoms with Gasteiger partial charge in [0.05, 0.1) is 39.6 Å². The second kappa shape index (κ2) is 16.1. The lowest BCUT2D eigenvalue weighted by molar-refractivity contribution is -0.323. The van der Waals surface area contributed by atoms with Crippen LogP contribution in [0.5, 0.6) is 0 Å². The third kappa shape index (κ3) is 8.97. The van der Waals surface area contributed by atoms with Crippen molar-refractivity contribution in [1.82, 2.24) is 0 Å². The first-order chi connectivity index (χ1) is 19.3. The van der Waals surface area contributed by atoms with E-state index in [1.165, 1.54) is 0 Å². The topological polar surface area (TPSA) is 55.4 Å². The minimum absolute atomic E-state index is 0.293. The van der Waals surface area contributed by atoms with Gasteiger partial charge in [-0.25, -0.2) is 0 Å². The summed E-state index contributed by atoms with van der Waals surface area (Å²) in [6.45, 7) is 9.74. The first kappa shape index (κ1) is 28.9. The van der Waals surface area contributed by atoms with E-state index in [1.807, 2.05) is 91.0 Å². The molecule has 3 aromatic rings. The third-order valence-electron chi connectivity index (χ3n) is 6.34. The second-order valence-corrected chi connectivity index (χ2v) is 9.27. The van der Waals surface area contributed by atoms with Crippen LogP contribution in [-0.4, -0.2) is 50.5 Å². The SMILES string of the molecule is C=CCO[C@H]1O[C@H](COCc2ccccc2)[C@@H](OCc2ccccc2)[C@H](OCc2ccccc2)[C@H]1OCC=C. The molecule has 0 saturated carbocycles. The van der Waals surface area contributed by atoms with E-state index in [0.717, 1.165) is 16.7 Å². The van der Waals surface area contributed by atoms with Crippen molar-refractivity contribution < 1.29 is 28.4 Å². The van der Waals surface area contributed by atoms with Gasteiger partial charge in [-0.15, -0.1) is 13.2 Å². The van der Waals surface area contributed by atoms with Crippen LogP contribution in [0.1, 0.15) is 16.7 Å². The minimum Gasteiger partial charge on any atom is -0.374 e. The summed E-state index contributed by atoms with van der Waals surface area (Å²) in [5, 5.41) is 0. The van der Waals surface area contributed by atoms with Gasteiger partial charge in [0.1, 0.15) is 24.4 Å². The summed E-state index contributed by atoms with van der Waals surface area (Å²) < 4.78 is 37.9. The molecule has 0 N–H and O–H groups in total. The van der Waals surface area contributed by atoms with Crippen LogP contribution in [0.2, 0.25) is 0 Å². The van der Waals surface area contributed by atoms with Gasteiger partial charge in [0, 0.05) is 0 Å². The molecule has 3 aromatic carbocycles. The van der Waals surface area contributed by atoms with E-state index >= 15 is 0 Å². The maximum absolute atomic E-state index is 6.56. The molecule has 0 amide bonds. The second-order valence-electron chi connectivity index (χ2n) is 9.27. The van der Waals surface area contributed by atoms with E-state index < -0.39 is 30.7 Å². The van der Waals surface area contributed by atoms with Crippen molar-refractivity contribution in [3.63, 3.8) is 0 Å². The Kier molecular flexibility index (Phi) is 11.9. The summed E-state index contributed by atoms with van der Waals surface area (Å²) >= 11 is 0. The number of ether oxygens (including phenoxy) is 6. The summed E-state index contributed by atoms with van der Waals surface area (Å²) in [5.41, 5.74) is 3.18. The molecule has 39 heavy (non-hydrogen) atoms. The van der Waals surface area contributed by atoms with Crippen molar-refractivity contribution in [2.45, 2.75) is 50.5 Å². The molecule has 1 fully saturated rings. The first-order valence-corrected chi connectivity index (χ1v) is 13.3. The average Bonchev–Trinajstić information content (AvgIpc) is 2.99. The van der Waals surface area contributed by atoms with Crippen LogP contribution in [-0.2, 0) is 48.2 Å². The van der Waals surface area contributed by atoms with Gasteiger partial charge in [-0.2, -0.15) is 0 Å². The zero-order valence-corrected chi connectivity index (χ0v) is 22.3. The zero-order valence-electron chi connectivity index (χ0n) is 22.3. The Morgan fingerprint density at radius 2 is 1.05 bits per heavy atom. The summed E-state index contributed by atoms with van der Waals surface area (Å²) in [6.07, 6.45) is 0.686. The van der Waals surface area contributed by atoms with Gasteiger partial charge in [-0.1, -0.05) is 103 Å². The summed E-state index contributed by atoms with van der Waals surface area (Å²) in [4.78, 5) is 0.